The van der Waals surface area contributed by atoms with Crippen molar-refractivity contribution in [1.82, 2.24) is 15.1 Å². The molecule has 1 atom stereocenters. The van der Waals surface area contributed by atoms with Gasteiger partial charge in [-0.25, -0.2) is 0 Å². The lowest BCUT2D eigenvalue weighted by Gasteiger charge is -2.17. The summed E-state index contributed by atoms with van der Waals surface area (Å²) in [6.45, 7) is 0.617. The number of amides is 2. The number of halogens is 1. The summed E-state index contributed by atoms with van der Waals surface area (Å²) < 4.78 is 0. The van der Waals surface area contributed by atoms with Crippen molar-refractivity contribution < 1.29 is 9.59 Å². The number of anilines is 1. The summed E-state index contributed by atoms with van der Waals surface area (Å²) in [5.41, 5.74) is 5.47. The fourth-order valence-electron chi connectivity index (χ4n) is 2.42. The topological polar surface area (TPSA) is 101 Å². The lowest BCUT2D eigenvalue weighted by atomic mass is 10.2. The highest BCUT2D eigenvalue weighted by molar-refractivity contribution is 6.29. The molecule has 0 aromatic carbocycles. The second kappa shape index (κ2) is 4.90. The number of nitrogens with zero attached hydrogens (tertiary/aromatic N) is 3. The second-order valence-electron chi connectivity index (χ2n) is 5.12. The molecule has 3 rings (SSSR count). The maximum Gasteiger partial charge on any atom is 0.252 e. The number of likely N-dealkylation sites (tertiary alicyclic amines) is 1. The van der Waals surface area contributed by atoms with E-state index in [9.17, 15) is 9.59 Å². The van der Waals surface area contributed by atoms with Gasteiger partial charge < -0.3 is 16.0 Å². The molecule has 2 amide bonds. The maximum atomic E-state index is 11.9. The molecule has 3 N–H and O–H groups in total. The minimum atomic E-state index is -0.632. The van der Waals surface area contributed by atoms with Crippen molar-refractivity contribution in [3.63, 3.8) is 0 Å². The van der Waals surface area contributed by atoms with Gasteiger partial charge in [0.2, 0.25) is 5.91 Å². The Hall–Kier alpha value is -1.89. The molecule has 106 valence electrons. The van der Waals surface area contributed by atoms with Crippen molar-refractivity contribution in [2.45, 2.75) is 31.3 Å². The predicted molar refractivity (Wildman–Crippen MR) is 72.3 cm³/mol. The first-order valence-electron chi connectivity index (χ1n) is 6.43. The summed E-state index contributed by atoms with van der Waals surface area (Å²) in [7, 11) is 0. The highest BCUT2D eigenvalue weighted by Crippen LogP contribution is 2.31. The van der Waals surface area contributed by atoms with Crippen molar-refractivity contribution in [1.29, 1.82) is 0 Å². The van der Waals surface area contributed by atoms with E-state index < -0.39 is 5.91 Å². The van der Waals surface area contributed by atoms with E-state index in [4.69, 9.17) is 17.3 Å². The van der Waals surface area contributed by atoms with Gasteiger partial charge in [-0.05, 0) is 18.9 Å². The van der Waals surface area contributed by atoms with Gasteiger partial charge in [-0.1, -0.05) is 11.6 Å². The lowest BCUT2D eigenvalue weighted by Crippen LogP contribution is -2.30. The number of carbonyl (C=O) groups is 2. The zero-order chi connectivity index (χ0) is 14.3. The third kappa shape index (κ3) is 2.53. The van der Waals surface area contributed by atoms with Gasteiger partial charge in [0.25, 0.3) is 5.91 Å². The Morgan fingerprint density at radius 1 is 1.45 bits per heavy atom. The van der Waals surface area contributed by atoms with Crippen LogP contribution in [0.2, 0.25) is 5.15 Å². The molecule has 1 aromatic rings. The van der Waals surface area contributed by atoms with Crippen LogP contribution in [0.4, 0.5) is 5.82 Å². The third-order valence-electron chi connectivity index (χ3n) is 3.52. The number of hydrogen-bond donors (Lipinski definition) is 2. The van der Waals surface area contributed by atoms with Crippen LogP contribution in [0.5, 0.6) is 0 Å². The SMILES string of the molecule is NC(=O)c1cc(Cl)nnc1NC1CC(=O)N(C2CC2)C1. The Kier molecular flexibility index (Phi) is 3.21. The second-order valence-corrected chi connectivity index (χ2v) is 5.50. The Morgan fingerprint density at radius 2 is 2.20 bits per heavy atom. The molecule has 1 aromatic heterocycles. The lowest BCUT2D eigenvalue weighted by molar-refractivity contribution is -0.128. The number of rotatable bonds is 4. The summed E-state index contributed by atoms with van der Waals surface area (Å²) in [5.74, 6) is -0.224. The van der Waals surface area contributed by atoms with Gasteiger partial charge in [0.1, 0.15) is 0 Å². The average molecular weight is 296 g/mol. The summed E-state index contributed by atoms with van der Waals surface area (Å²) in [5, 5.41) is 10.7. The monoisotopic (exact) mass is 295 g/mol. The molecule has 2 aliphatic rings. The Bertz CT molecular complexity index is 575. The van der Waals surface area contributed by atoms with Crippen molar-refractivity contribution in [2.75, 3.05) is 11.9 Å². The van der Waals surface area contributed by atoms with E-state index in [-0.39, 0.29) is 28.5 Å². The number of primary amides is 1. The van der Waals surface area contributed by atoms with Gasteiger partial charge in [-0.15, -0.1) is 10.2 Å². The zero-order valence-corrected chi connectivity index (χ0v) is 11.4. The molecule has 0 spiro atoms. The first kappa shape index (κ1) is 13.1. The largest absolute Gasteiger partial charge is 0.365 e. The smallest absolute Gasteiger partial charge is 0.252 e. The number of carbonyl (C=O) groups excluding carboxylic acids is 2. The third-order valence-corrected chi connectivity index (χ3v) is 3.70. The van der Waals surface area contributed by atoms with E-state index in [0.29, 0.717) is 19.0 Å². The van der Waals surface area contributed by atoms with Gasteiger partial charge in [0.15, 0.2) is 11.0 Å². The van der Waals surface area contributed by atoms with Crippen LogP contribution in [0.25, 0.3) is 0 Å². The standard InChI is InChI=1S/C12H14ClN5O2/c13-9-4-8(11(14)20)12(17-16-9)15-6-3-10(19)18(5-6)7-1-2-7/h4,6-7H,1-3,5H2,(H2,14,20)(H,15,17). The minimum Gasteiger partial charge on any atom is -0.365 e. The van der Waals surface area contributed by atoms with E-state index in [1.54, 1.807) is 0 Å². The molecule has 1 saturated heterocycles. The van der Waals surface area contributed by atoms with Crippen LogP contribution in [0, 0.1) is 0 Å². The molecule has 1 aliphatic heterocycles. The van der Waals surface area contributed by atoms with Crippen LogP contribution in [0.1, 0.15) is 29.6 Å². The van der Waals surface area contributed by atoms with Crippen LogP contribution < -0.4 is 11.1 Å². The molecule has 7 nitrogen and oxygen atoms in total. The normalized spacial score (nSPS) is 22.1. The first-order valence-corrected chi connectivity index (χ1v) is 6.81. The molecule has 1 aliphatic carbocycles. The van der Waals surface area contributed by atoms with Gasteiger partial charge >= 0.3 is 0 Å². The van der Waals surface area contributed by atoms with E-state index in [2.05, 4.69) is 15.5 Å². The molecule has 2 fully saturated rings. The van der Waals surface area contributed by atoms with Gasteiger partial charge in [0.05, 0.1) is 11.6 Å². The molecule has 1 saturated carbocycles. The molecular formula is C12H14ClN5O2. The van der Waals surface area contributed by atoms with Crippen molar-refractivity contribution in [2.24, 2.45) is 5.73 Å². The van der Waals surface area contributed by atoms with Gasteiger partial charge in [0, 0.05) is 19.0 Å². The van der Waals surface area contributed by atoms with Crippen LogP contribution in [-0.2, 0) is 4.79 Å². The molecule has 8 heteroatoms. The van der Waals surface area contributed by atoms with Crippen molar-refractivity contribution in [3.8, 4) is 0 Å². The molecule has 0 radical (unpaired) electrons. The fourth-order valence-corrected chi connectivity index (χ4v) is 2.57. The minimum absolute atomic E-state index is 0.0864. The average Bonchev–Trinajstić information content (AvgIpc) is 3.16. The zero-order valence-electron chi connectivity index (χ0n) is 10.7. The Morgan fingerprint density at radius 3 is 2.85 bits per heavy atom. The van der Waals surface area contributed by atoms with Gasteiger partial charge in [-0.3, -0.25) is 9.59 Å². The van der Waals surface area contributed by atoms with E-state index in [1.165, 1.54) is 6.07 Å². The van der Waals surface area contributed by atoms with E-state index in [0.717, 1.165) is 12.8 Å². The molecule has 0 bridgehead atoms. The van der Waals surface area contributed by atoms with E-state index >= 15 is 0 Å². The number of aromatic nitrogens is 2. The van der Waals surface area contributed by atoms with Crippen LogP contribution >= 0.6 is 11.6 Å². The van der Waals surface area contributed by atoms with E-state index in [1.807, 2.05) is 4.90 Å². The number of nitrogens with one attached hydrogen (secondary N) is 1. The number of hydrogen-bond acceptors (Lipinski definition) is 5. The fraction of sp³-hybridized carbons (Fsp3) is 0.500. The first-order chi connectivity index (χ1) is 9.54. The van der Waals surface area contributed by atoms with Crippen LogP contribution in [0.3, 0.4) is 0 Å². The molecule has 20 heavy (non-hydrogen) atoms. The quantitative estimate of drug-likeness (QED) is 0.837. The Balaban J connectivity index is 1.75. The highest BCUT2D eigenvalue weighted by atomic mass is 35.5. The Labute approximate surface area is 120 Å². The highest BCUT2D eigenvalue weighted by Gasteiger charge is 2.39. The predicted octanol–water partition coefficient (Wildman–Crippen LogP) is 0.404. The van der Waals surface area contributed by atoms with Crippen LogP contribution in [0.15, 0.2) is 6.07 Å². The summed E-state index contributed by atoms with van der Waals surface area (Å²) in [6.07, 6.45) is 2.54. The summed E-state index contributed by atoms with van der Waals surface area (Å²) >= 11 is 5.70. The maximum absolute atomic E-state index is 11.9. The molecule has 1 unspecified atom stereocenters. The van der Waals surface area contributed by atoms with Crippen molar-refractivity contribution >= 4 is 29.2 Å². The molecular weight excluding hydrogens is 282 g/mol. The van der Waals surface area contributed by atoms with Crippen molar-refractivity contribution in [3.05, 3.63) is 16.8 Å². The molecule has 2 heterocycles. The summed E-state index contributed by atoms with van der Waals surface area (Å²) in [6, 6.07) is 1.67. The van der Waals surface area contributed by atoms with Gasteiger partial charge in [-0.2, -0.15) is 0 Å². The number of nitrogens with two attached hydrogens (primary N) is 1. The summed E-state index contributed by atoms with van der Waals surface area (Å²) in [4.78, 5) is 25.1. The van der Waals surface area contributed by atoms with Crippen LogP contribution in [-0.4, -0.2) is 45.5 Å².